The number of anilines is 1. The molecular weight excluding hydrogens is 272 g/mol. The van der Waals surface area contributed by atoms with E-state index in [1.165, 1.54) is 0 Å². The van der Waals surface area contributed by atoms with Crippen LogP contribution in [0.1, 0.15) is 18.7 Å². The van der Waals surface area contributed by atoms with Crippen LogP contribution in [-0.2, 0) is 9.53 Å². The normalized spacial score (nSPS) is 18.3. The molecule has 6 nitrogen and oxygen atoms in total. The lowest BCUT2D eigenvalue weighted by atomic mass is 9.79. The number of nitrogens with zero attached hydrogens (tertiary/aromatic N) is 2. The number of aromatic nitrogens is 2. The lowest BCUT2D eigenvalue weighted by molar-refractivity contribution is -0.126. The van der Waals surface area contributed by atoms with Crippen molar-refractivity contribution in [2.75, 3.05) is 18.5 Å². The SMILES string of the molecule is Cc1nsc(NC(=O)C2(C(N)=S)CCOCC2)n1. The van der Waals surface area contributed by atoms with Gasteiger partial charge < -0.3 is 10.5 Å². The summed E-state index contributed by atoms with van der Waals surface area (Å²) in [5, 5.41) is 3.21. The van der Waals surface area contributed by atoms with Crippen molar-refractivity contribution in [2.45, 2.75) is 19.8 Å². The van der Waals surface area contributed by atoms with Gasteiger partial charge in [-0.25, -0.2) is 4.98 Å². The van der Waals surface area contributed by atoms with E-state index in [4.69, 9.17) is 22.7 Å². The summed E-state index contributed by atoms with van der Waals surface area (Å²) in [6, 6.07) is 0. The lowest BCUT2D eigenvalue weighted by Gasteiger charge is -2.34. The van der Waals surface area contributed by atoms with Crippen LogP contribution in [0.4, 0.5) is 5.13 Å². The molecule has 1 aliphatic rings. The van der Waals surface area contributed by atoms with Crippen molar-refractivity contribution >= 4 is 39.8 Å². The molecule has 98 valence electrons. The Morgan fingerprint density at radius 2 is 2.22 bits per heavy atom. The molecule has 0 aromatic carbocycles. The highest BCUT2D eigenvalue weighted by Crippen LogP contribution is 2.32. The maximum absolute atomic E-state index is 12.3. The molecule has 2 rings (SSSR count). The second kappa shape index (κ2) is 5.25. The third kappa shape index (κ3) is 2.50. The van der Waals surface area contributed by atoms with Gasteiger partial charge in [0.05, 0.1) is 4.99 Å². The van der Waals surface area contributed by atoms with Gasteiger partial charge >= 0.3 is 0 Å². The van der Waals surface area contributed by atoms with Gasteiger partial charge in [-0.2, -0.15) is 4.37 Å². The quantitative estimate of drug-likeness (QED) is 0.801. The molecule has 0 atom stereocenters. The van der Waals surface area contributed by atoms with Crippen LogP contribution in [0, 0.1) is 12.3 Å². The fourth-order valence-electron chi connectivity index (χ4n) is 1.87. The standard InChI is InChI=1S/C10H14N4O2S2/c1-6-12-9(18-14-6)13-8(15)10(7(11)17)2-4-16-5-3-10/h2-5H2,1H3,(H2,11,17)(H,12,13,14,15). The number of aryl methyl sites for hydroxylation is 1. The van der Waals surface area contributed by atoms with Gasteiger partial charge in [0.1, 0.15) is 11.2 Å². The molecule has 0 spiro atoms. The fourth-order valence-corrected chi connectivity index (χ4v) is 2.74. The zero-order chi connectivity index (χ0) is 13.2. The summed E-state index contributed by atoms with van der Waals surface area (Å²) in [5.74, 6) is 0.418. The second-order valence-corrected chi connectivity index (χ2v) is 5.35. The first-order valence-corrected chi connectivity index (χ1v) is 6.72. The third-order valence-corrected chi connectivity index (χ3v) is 4.11. The number of hydrogen-bond acceptors (Lipinski definition) is 6. The first-order valence-electron chi connectivity index (χ1n) is 5.54. The minimum absolute atomic E-state index is 0.213. The van der Waals surface area contributed by atoms with Crippen molar-refractivity contribution in [1.29, 1.82) is 0 Å². The van der Waals surface area contributed by atoms with Crippen LogP contribution in [0.25, 0.3) is 0 Å². The summed E-state index contributed by atoms with van der Waals surface area (Å²) in [6.45, 7) is 2.74. The molecule has 2 heterocycles. The molecule has 1 aliphatic heterocycles. The smallest absolute Gasteiger partial charge is 0.239 e. The summed E-state index contributed by atoms with van der Waals surface area (Å²) >= 11 is 6.20. The Kier molecular flexibility index (Phi) is 3.88. The molecule has 1 aromatic heterocycles. The van der Waals surface area contributed by atoms with Crippen molar-refractivity contribution in [1.82, 2.24) is 9.36 Å². The van der Waals surface area contributed by atoms with Crippen LogP contribution in [0.3, 0.4) is 0 Å². The molecule has 3 N–H and O–H groups in total. The Labute approximate surface area is 114 Å². The van der Waals surface area contributed by atoms with E-state index < -0.39 is 5.41 Å². The number of carbonyl (C=O) groups excluding carboxylic acids is 1. The van der Waals surface area contributed by atoms with Gasteiger partial charge in [-0.15, -0.1) is 0 Å². The Balaban J connectivity index is 2.16. The minimum Gasteiger partial charge on any atom is -0.392 e. The van der Waals surface area contributed by atoms with Crippen molar-refractivity contribution in [3.63, 3.8) is 0 Å². The number of thiocarbonyl (C=S) groups is 1. The van der Waals surface area contributed by atoms with Crippen LogP contribution in [-0.4, -0.2) is 33.5 Å². The maximum atomic E-state index is 12.3. The summed E-state index contributed by atoms with van der Waals surface area (Å²) in [4.78, 5) is 16.7. The van der Waals surface area contributed by atoms with Crippen LogP contribution in [0.15, 0.2) is 0 Å². The minimum atomic E-state index is -0.826. The van der Waals surface area contributed by atoms with E-state index in [0.29, 0.717) is 37.0 Å². The van der Waals surface area contributed by atoms with E-state index in [1.807, 2.05) is 0 Å². The Hall–Kier alpha value is -1.12. The van der Waals surface area contributed by atoms with Gasteiger partial charge in [0.15, 0.2) is 0 Å². The number of nitrogens with two attached hydrogens (primary N) is 1. The number of nitrogens with one attached hydrogen (secondary N) is 1. The van der Waals surface area contributed by atoms with E-state index in [2.05, 4.69) is 14.7 Å². The Morgan fingerprint density at radius 3 is 2.72 bits per heavy atom. The van der Waals surface area contributed by atoms with E-state index in [0.717, 1.165) is 11.5 Å². The summed E-state index contributed by atoms with van der Waals surface area (Å²) in [5.41, 5.74) is 4.92. The van der Waals surface area contributed by atoms with Gasteiger partial charge in [0.25, 0.3) is 0 Å². The summed E-state index contributed by atoms with van der Waals surface area (Å²) < 4.78 is 9.27. The number of amides is 1. The Morgan fingerprint density at radius 1 is 1.56 bits per heavy atom. The predicted molar refractivity (Wildman–Crippen MR) is 72.5 cm³/mol. The van der Waals surface area contributed by atoms with Crippen LogP contribution >= 0.6 is 23.8 Å². The monoisotopic (exact) mass is 286 g/mol. The van der Waals surface area contributed by atoms with Crippen LogP contribution in [0.5, 0.6) is 0 Å². The topological polar surface area (TPSA) is 90.1 Å². The molecule has 0 saturated carbocycles. The molecule has 8 heteroatoms. The fraction of sp³-hybridized carbons (Fsp3) is 0.600. The first kappa shape index (κ1) is 13.3. The van der Waals surface area contributed by atoms with Gasteiger partial charge in [-0.05, 0) is 19.8 Å². The lowest BCUT2D eigenvalue weighted by Crippen LogP contribution is -2.49. The van der Waals surface area contributed by atoms with E-state index in [1.54, 1.807) is 6.92 Å². The van der Waals surface area contributed by atoms with Gasteiger partial charge in [-0.3, -0.25) is 10.1 Å². The van der Waals surface area contributed by atoms with Gasteiger partial charge in [0, 0.05) is 24.7 Å². The van der Waals surface area contributed by atoms with Crippen molar-refractivity contribution in [2.24, 2.45) is 11.1 Å². The highest BCUT2D eigenvalue weighted by Gasteiger charge is 2.43. The van der Waals surface area contributed by atoms with E-state index in [-0.39, 0.29) is 10.9 Å². The number of hydrogen-bond donors (Lipinski definition) is 2. The second-order valence-electron chi connectivity index (χ2n) is 4.16. The van der Waals surface area contributed by atoms with E-state index >= 15 is 0 Å². The molecule has 1 aromatic rings. The Bertz CT molecular complexity index is 468. The van der Waals surface area contributed by atoms with Crippen molar-refractivity contribution < 1.29 is 9.53 Å². The predicted octanol–water partition coefficient (Wildman–Crippen LogP) is 0.868. The van der Waals surface area contributed by atoms with Crippen molar-refractivity contribution in [3.8, 4) is 0 Å². The molecule has 0 radical (unpaired) electrons. The molecule has 1 amide bonds. The number of ether oxygens (including phenoxy) is 1. The third-order valence-electron chi connectivity index (χ3n) is 3.00. The molecule has 1 saturated heterocycles. The largest absolute Gasteiger partial charge is 0.392 e. The number of rotatable bonds is 3. The molecule has 0 bridgehead atoms. The number of carbonyl (C=O) groups is 1. The summed E-state index contributed by atoms with van der Waals surface area (Å²) in [7, 11) is 0. The highest BCUT2D eigenvalue weighted by molar-refractivity contribution is 7.80. The average molecular weight is 286 g/mol. The van der Waals surface area contributed by atoms with Gasteiger partial charge in [-0.1, -0.05) is 12.2 Å². The molecule has 0 unspecified atom stereocenters. The molecule has 1 fully saturated rings. The first-order chi connectivity index (χ1) is 8.54. The average Bonchev–Trinajstić information content (AvgIpc) is 2.75. The summed E-state index contributed by atoms with van der Waals surface area (Å²) in [6.07, 6.45) is 1.01. The van der Waals surface area contributed by atoms with Crippen LogP contribution in [0.2, 0.25) is 0 Å². The van der Waals surface area contributed by atoms with Crippen LogP contribution < -0.4 is 11.1 Å². The highest BCUT2D eigenvalue weighted by atomic mass is 32.1. The zero-order valence-corrected chi connectivity index (χ0v) is 11.6. The van der Waals surface area contributed by atoms with Gasteiger partial charge in [0.2, 0.25) is 11.0 Å². The van der Waals surface area contributed by atoms with Crippen molar-refractivity contribution in [3.05, 3.63) is 5.82 Å². The molecule has 18 heavy (non-hydrogen) atoms. The molecular formula is C10H14N4O2S2. The zero-order valence-electron chi connectivity index (χ0n) is 9.93. The van der Waals surface area contributed by atoms with E-state index in [9.17, 15) is 4.79 Å². The molecule has 0 aliphatic carbocycles. The maximum Gasteiger partial charge on any atom is 0.239 e.